The van der Waals surface area contributed by atoms with Gasteiger partial charge in [-0.2, -0.15) is 5.10 Å². The summed E-state index contributed by atoms with van der Waals surface area (Å²) in [6.45, 7) is 0.552. The van der Waals surface area contributed by atoms with E-state index in [-0.39, 0.29) is 5.91 Å². The Morgan fingerprint density at radius 3 is 2.61 bits per heavy atom. The first kappa shape index (κ1) is 12.2. The van der Waals surface area contributed by atoms with Crippen molar-refractivity contribution in [1.29, 1.82) is 0 Å². The zero-order chi connectivity index (χ0) is 13.1. The van der Waals surface area contributed by atoms with Gasteiger partial charge in [0.2, 0.25) is 0 Å². The summed E-state index contributed by atoms with van der Waals surface area (Å²) in [5, 5.41) is 4.07. The molecule has 1 aromatic carbocycles. The molecule has 5 nitrogen and oxygen atoms in total. The van der Waals surface area contributed by atoms with Crippen molar-refractivity contribution in [2.45, 2.75) is 6.54 Å². The molecule has 94 valence electrons. The maximum Gasteiger partial charge on any atom is 0.274 e. The maximum atomic E-state index is 12.1. The highest BCUT2D eigenvalue weighted by molar-refractivity contribution is 5.92. The van der Waals surface area contributed by atoms with Gasteiger partial charge in [-0.1, -0.05) is 30.3 Å². The van der Waals surface area contributed by atoms with Crippen molar-refractivity contribution >= 4 is 11.7 Å². The highest BCUT2D eigenvalue weighted by Crippen LogP contribution is 2.09. The smallest absolute Gasteiger partial charge is 0.274 e. The fraction of sp³-hybridized carbons (Fsp3) is 0.231. The molecule has 2 aromatic rings. The topological polar surface area (TPSA) is 64.2 Å². The zero-order valence-corrected chi connectivity index (χ0v) is 10.5. The molecule has 0 radical (unpaired) electrons. The van der Waals surface area contributed by atoms with Crippen LogP contribution >= 0.6 is 0 Å². The third-order valence-electron chi connectivity index (χ3n) is 2.74. The summed E-state index contributed by atoms with van der Waals surface area (Å²) in [6, 6.07) is 11.4. The second-order valence-corrected chi connectivity index (χ2v) is 4.22. The maximum absolute atomic E-state index is 12.1. The number of anilines is 1. The number of nitrogens with two attached hydrogens (primary N) is 1. The highest BCUT2D eigenvalue weighted by atomic mass is 16.2. The molecular weight excluding hydrogens is 228 g/mol. The summed E-state index contributed by atoms with van der Waals surface area (Å²) in [4.78, 5) is 13.7. The summed E-state index contributed by atoms with van der Waals surface area (Å²) in [5.74, 6) is 0.345. The number of carbonyl (C=O) groups excluding carboxylic acids is 1. The minimum atomic E-state index is -0.133. The quantitative estimate of drug-likeness (QED) is 0.884. The van der Waals surface area contributed by atoms with Crippen LogP contribution in [0.4, 0.5) is 5.82 Å². The van der Waals surface area contributed by atoms with Crippen molar-refractivity contribution in [3.8, 4) is 0 Å². The van der Waals surface area contributed by atoms with E-state index in [9.17, 15) is 4.79 Å². The van der Waals surface area contributed by atoms with Crippen LogP contribution in [0.1, 0.15) is 16.1 Å². The minimum absolute atomic E-state index is 0.133. The number of benzene rings is 1. The highest BCUT2D eigenvalue weighted by Gasteiger charge is 2.16. The van der Waals surface area contributed by atoms with E-state index in [2.05, 4.69) is 5.10 Å². The number of rotatable bonds is 3. The first-order valence-corrected chi connectivity index (χ1v) is 5.67. The summed E-state index contributed by atoms with van der Waals surface area (Å²) in [5.41, 5.74) is 7.11. The molecule has 1 heterocycles. The van der Waals surface area contributed by atoms with Gasteiger partial charge >= 0.3 is 0 Å². The van der Waals surface area contributed by atoms with E-state index >= 15 is 0 Å². The van der Waals surface area contributed by atoms with Crippen molar-refractivity contribution in [3.63, 3.8) is 0 Å². The first-order chi connectivity index (χ1) is 8.58. The van der Waals surface area contributed by atoms with Crippen LogP contribution in [0.3, 0.4) is 0 Å². The van der Waals surface area contributed by atoms with Gasteiger partial charge < -0.3 is 10.6 Å². The predicted octanol–water partition coefficient (Wildman–Crippen LogP) is 1.27. The summed E-state index contributed by atoms with van der Waals surface area (Å²) in [7, 11) is 3.46. The van der Waals surface area contributed by atoms with Crippen LogP contribution < -0.4 is 5.73 Å². The van der Waals surface area contributed by atoms with Crippen LogP contribution in [0.25, 0.3) is 0 Å². The van der Waals surface area contributed by atoms with E-state index in [0.717, 1.165) is 5.56 Å². The molecule has 0 aliphatic carbocycles. The fourth-order valence-electron chi connectivity index (χ4n) is 1.71. The number of nitrogens with zero attached hydrogens (tertiary/aromatic N) is 3. The standard InChI is InChI=1S/C13H16N4O/c1-16(9-10-6-4-3-5-7-10)13(18)11-8-12(14)17(2)15-11/h3-8H,9,14H2,1-2H3. The molecule has 2 N–H and O–H groups in total. The average Bonchev–Trinajstić information content (AvgIpc) is 2.70. The molecule has 5 heteroatoms. The Morgan fingerprint density at radius 1 is 1.39 bits per heavy atom. The lowest BCUT2D eigenvalue weighted by atomic mass is 10.2. The number of aromatic nitrogens is 2. The van der Waals surface area contributed by atoms with Crippen LogP contribution in [0, 0.1) is 0 Å². The molecule has 0 fully saturated rings. The number of carbonyl (C=O) groups is 1. The average molecular weight is 244 g/mol. The molecule has 2 rings (SSSR count). The van der Waals surface area contributed by atoms with Gasteiger partial charge in [-0.3, -0.25) is 9.48 Å². The van der Waals surface area contributed by atoms with Gasteiger partial charge in [-0.05, 0) is 5.56 Å². The van der Waals surface area contributed by atoms with Crippen LogP contribution in [-0.2, 0) is 13.6 Å². The lowest BCUT2D eigenvalue weighted by molar-refractivity contribution is 0.0778. The van der Waals surface area contributed by atoms with Gasteiger partial charge in [0, 0.05) is 26.7 Å². The minimum Gasteiger partial charge on any atom is -0.384 e. The molecule has 0 saturated heterocycles. The molecule has 18 heavy (non-hydrogen) atoms. The Balaban J connectivity index is 2.09. The molecule has 0 aliphatic heterocycles. The second kappa shape index (κ2) is 4.91. The van der Waals surface area contributed by atoms with E-state index in [1.807, 2.05) is 30.3 Å². The van der Waals surface area contributed by atoms with Gasteiger partial charge in [0.25, 0.3) is 5.91 Å². The van der Waals surface area contributed by atoms with Crippen molar-refractivity contribution in [1.82, 2.24) is 14.7 Å². The lowest BCUT2D eigenvalue weighted by Gasteiger charge is -2.15. The van der Waals surface area contributed by atoms with Gasteiger partial charge in [0.05, 0.1) is 0 Å². The molecule has 0 unspecified atom stereocenters. The number of amides is 1. The monoisotopic (exact) mass is 244 g/mol. The van der Waals surface area contributed by atoms with E-state index in [0.29, 0.717) is 18.1 Å². The number of aryl methyl sites for hydroxylation is 1. The Hall–Kier alpha value is -2.30. The zero-order valence-electron chi connectivity index (χ0n) is 10.5. The van der Waals surface area contributed by atoms with Gasteiger partial charge in [-0.25, -0.2) is 0 Å². The van der Waals surface area contributed by atoms with Crippen LogP contribution in [-0.4, -0.2) is 27.6 Å². The predicted molar refractivity (Wildman–Crippen MR) is 69.9 cm³/mol. The lowest BCUT2D eigenvalue weighted by Crippen LogP contribution is -2.26. The molecule has 1 amide bonds. The van der Waals surface area contributed by atoms with Crippen molar-refractivity contribution < 1.29 is 4.79 Å². The molecule has 1 aromatic heterocycles. The Kier molecular flexibility index (Phi) is 3.32. The number of hydrogen-bond donors (Lipinski definition) is 1. The van der Waals surface area contributed by atoms with Gasteiger partial charge in [0.1, 0.15) is 5.82 Å². The van der Waals surface area contributed by atoms with Gasteiger partial charge in [0.15, 0.2) is 5.69 Å². The molecular formula is C13H16N4O. The Labute approximate surface area is 106 Å². The summed E-state index contributed by atoms with van der Waals surface area (Å²) in [6.07, 6.45) is 0. The van der Waals surface area contributed by atoms with Crippen molar-refractivity contribution in [2.75, 3.05) is 12.8 Å². The number of nitrogen functional groups attached to an aromatic ring is 1. The SMILES string of the molecule is CN(Cc1ccccc1)C(=O)c1cc(N)n(C)n1. The van der Waals surface area contributed by atoms with Crippen molar-refractivity contribution in [2.24, 2.45) is 7.05 Å². The second-order valence-electron chi connectivity index (χ2n) is 4.22. The van der Waals surface area contributed by atoms with E-state index in [1.165, 1.54) is 4.68 Å². The summed E-state index contributed by atoms with van der Waals surface area (Å²) < 4.78 is 1.49. The van der Waals surface area contributed by atoms with E-state index in [1.54, 1.807) is 25.1 Å². The molecule has 0 spiro atoms. The van der Waals surface area contributed by atoms with E-state index in [4.69, 9.17) is 5.73 Å². The third kappa shape index (κ3) is 2.51. The molecule has 0 atom stereocenters. The fourth-order valence-corrected chi connectivity index (χ4v) is 1.71. The van der Waals surface area contributed by atoms with Crippen LogP contribution in [0.15, 0.2) is 36.4 Å². The molecule has 0 bridgehead atoms. The van der Waals surface area contributed by atoms with Crippen LogP contribution in [0.5, 0.6) is 0 Å². The van der Waals surface area contributed by atoms with Crippen molar-refractivity contribution in [3.05, 3.63) is 47.7 Å². The third-order valence-corrected chi connectivity index (χ3v) is 2.74. The number of hydrogen-bond acceptors (Lipinski definition) is 3. The molecule has 0 aliphatic rings. The van der Waals surface area contributed by atoms with E-state index < -0.39 is 0 Å². The Bertz CT molecular complexity index is 528. The Morgan fingerprint density at radius 2 is 2.06 bits per heavy atom. The van der Waals surface area contributed by atoms with Gasteiger partial charge in [-0.15, -0.1) is 0 Å². The van der Waals surface area contributed by atoms with Crippen LogP contribution in [0.2, 0.25) is 0 Å². The first-order valence-electron chi connectivity index (χ1n) is 5.67. The summed E-state index contributed by atoms with van der Waals surface area (Å²) >= 11 is 0. The normalized spacial score (nSPS) is 10.3. The largest absolute Gasteiger partial charge is 0.384 e. The molecule has 0 saturated carbocycles.